The van der Waals surface area contributed by atoms with Crippen molar-refractivity contribution in [1.29, 1.82) is 0 Å². The summed E-state index contributed by atoms with van der Waals surface area (Å²) in [5.74, 6) is -0.0963. The van der Waals surface area contributed by atoms with Crippen LogP contribution in [0.5, 0.6) is 0 Å². The van der Waals surface area contributed by atoms with Crippen molar-refractivity contribution >= 4 is 35.0 Å². The highest BCUT2D eigenvalue weighted by Crippen LogP contribution is 2.35. The van der Waals surface area contributed by atoms with E-state index in [1.807, 2.05) is 0 Å². The Morgan fingerprint density at radius 2 is 1.75 bits per heavy atom. The van der Waals surface area contributed by atoms with Gasteiger partial charge in [-0.2, -0.15) is 0 Å². The number of carbonyl (C=O) groups is 1. The number of benzene rings is 1. The van der Waals surface area contributed by atoms with Gasteiger partial charge in [-0.15, -0.1) is 12.4 Å². The first-order valence-corrected chi connectivity index (χ1v) is 8.90. The molecule has 0 spiro atoms. The van der Waals surface area contributed by atoms with Crippen LogP contribution in [-0.2, 0) is 17.6 Å². The third-order valence-electron chi connectivity index (χ3n) is 5.37. The molecule has 1 unspecified atom stereocenters. The normalized spacial score (nSPS) is 19.1. The number of fused-ring (bicyclic) bond motifs is 3. The van der Waals surface area contributed by atoms with Gasteiger partial charge in [-0.3, -0.25) is 24.5 Å². The first-order chi connectivity index (χ1) is 12.9. The molecule has 1 fully saturated rings. The number of nitrogens with one attached hydrogen (secondary N) is 4. The molecule has 150 valence electrons. The van der Waals surface area contributed by atoms with Gasteiger partial charge in [0.25, 0.3) is 5.69 Å². The number of piperidine rings is 1. The van der Waals surface area contributed by atoms with E-state index in [0.29, 0.717) is 29.5 Å². The van der Waals surface area contributed by atoms with Gasteiger partial charge in [-0.1, -0.05) is 0 Å². The molecular formula is C17H20ClN5O5. The van der Waals surface area contributed by atoms with Crippen LogP contribution in [0.2, 0.25) is 0 Å². The Kier molecular flexibility index (Phi) is 5.52. The summed E-state index contributed by atoms with van der Waals surface area (Å²) in [7, 11) is 0. The van der Waals surface area contributed by atoms with E-state index >= 15 is 0 Å². The molecule has 2 heterocycles. The summed E-state index contributed by atoms with van der Waals surface area (Å²) < 4.78 is 0. The monoisotopic (exact) mass is 409 g/mol. The van der Waals surface area contributed by atoms with Crippen LogP contribution in [0.15, 0.2) is 15.7 Å². The van der Waals surface area contributed by atoms with Crippen LogP contribution in [0.3, 0.4) is 0 Å². The molecular weight excluding hydrogens is 390 g/mol. The van der Waals surface area contributed by atoms with Crippen LogP contribution < -0.4 is 21.8 Å². The van der Waals surface area contributed by atoms with Crippen LogP contribution in [-0.4, -0.2) is 39.9 Å². The number of hydrogen-bond acceptors (Lipinski definition) is 6. The topological polar surface area (TPSA) is 150 Å². The van der Waals surface area contributed by atoms with E-state index < -0.39 is 16.0 Å². The molecule has 1 aromatic heterocycles. The summed E-state index contributed by atoms with van der Waals surface area (Å²) in [6.07, 6.45) is 2.22. The fourth-order valence-electron chi connectivity index (χ4n) is 4.04. The molecule has 1 aliphatic carbocycles. The van der Waals surface area contributed by atoms with Crippen LogP contribution >= 0.6 is 12.4 Å². The lowest BCUT2D eigenvalue weighted by molar-refractivity contribution is -0.385. The number of nitrogens with zero attached hydrogens (tertiary/aromatic N) is 1. The number of carbonyl (C=O) groups excluding carboxylic acids is 1. The number of nitro benzene ring substituents is 1. The Labute approximate surface area is 164 Å². The average Bonchev–Trinajstić information content (AvgIpc) is 3.06. The summed E-state index contributed by atoms with van der Waals surface area (Å²) in [6.45, 7) is 1.60. The zero-order valence-corrected chi connectivity index (χ0v) is 15.7. The van der Waals surface area contributed by atoms with E-state index in [1.165, 1.54) is 6.07 Å². The predicted molar refractivity (Wildman–Crippen MR) is 104 cm³/mol. The molecule has 4 N–H and O–H groups in total. The molecule has 2 aliphatic rings. The molecule has 0 radical (unpaired) electrons. The van der Waals surface area contributed by atoms with Crippen molar-refractivity contribution in [3.8, 4) is 0 Å². The van der Waals surface area contributed by atoms with E-state index in [2.05, 4.69) is 20.6 Å². The summed E-state index contributed by atoms with van der Waals surface area (Å²) in [6, 6.07) is 0.991. The number of amides is 1. The van der Waals surface area contributed by atoms with Gasteiger partial charge in [-0.25, -0.2) is 0 Å². The zero-order chi connectivity index (χ0) is 19.1. The van der Waals surface area contributed by atoms with Gasteiger partial charge >= 0.3 is 11.1 Å². The third kappa shape index (κ3) is 3.52. The number of halogens is 1. The SMILES string of the molecule is Cl.O=C(NC1Cc2c([N+](=O)[O-])cc3[nH]c(=O)c(=O)[nH]c3c2C1)C1CCNCC1. The molecule has 4 rings (SSSR count). The minimum atomic E-state index is -0.856. The summed E-state index contributed by atoms with van der Waals surface area (Å²) in [5.41, 5.74) is -0.0757. The standard InChI is InChI=1S/C17H19N5O5.ClH/c23-15(8-1-3-18-4-2-8)19-9-5-10-11(6-9)14-12(7-13(10)22(26)27)20-16(24)17(25)21-14;/h7-9,18H,1-6H2,(H,19,23)(H,20,24)(H,21,25);1H. The van der Waals surface area contributed by atoms with Crippen molar-refractivity contribution in [3.05, 3.63) is 48.0 Å². The Morgan fingerprint density at radius 3 is 2.43 bits per heavy atom. The summed E-state index contributed by atoms with van der Waals surface area (Å²) in [5, 5.41) is 17.7. The van der Waals surface area contributed by atoms with E-state index in [9.17, 15) is 24.5 Å². The lowest BCUT2D eigenvalue weighted by Crippen LogP contribution is -2.43. The number of aromatic amines is 2. The van der Waals surface area contributed by atoms with E-state index in [4.69, 9.17) is 0 Å². The van der Waals surface area contributed by atoms with E-state index in [0.717, 1.165) is 25.9 Å². The molecule has 11 heteroatoms. The van der Waals surface area contributed by atoms with Crippen molar-refractivity contribution < 1.29 is 9.72 Å². The molecule has 1 amide bonds. The first-order valence-electron chi connectivity index (χ1n) is 8.90. The number of rotatable bonds is 3. The molecule has 10 nitrogen and oxygen atoms in total. The van der Waals surface area contributed by atoms with Crippen molar-refractivity contribution in [3.63, 3.8) is 0 Å². The second-order valence-corrected chi connectivity index (χ2v) is 7.08. The fourth-order valence-corrected chi connectivity index (χ4v) is 4.04. The Bertz CT molecular complexity index is 1060. The minimum Gasteiger partial charge on any atom is -0.352 e. The van der Waals surface area contributed by atoms with Crippen LogP contribution in [0, 0.1) is 16.0 Å². The van der Waals surface area contributed by atoms with Crippen molar-refractivity contribution in [2.45, 2.75) is 31.7 Å². The van der Waals surface area contributed by atoms with Crippen LogP contribution in [0.4, 0.5) is 5.69 Å². The highest BCUT2D eigenvalue weighted by Gasteiger charge is 2.33. The van der Waals surface area contributed by atoms with Gasteiger partial charge in [-0.05, 0) is 37.9 Å². The largest absolute Gasteiger partial charge is 0.352 e. The maximum Gasteiger partial charge on any atom is 0.314 e. The second-order valence-electron chi connectivity index (χ2n) is 7.08. The van der Waals surface area contributed by atoms with E-state index in [1.54, 1.807) is 0 Å². The van der Waals surface area contributed by atoms with Gasteiger partial charge in [0, 0.05) is 30.0 Å². The first kappa shape index (κ1) is 20.0. The highest BCUT2D eigenvalue weighted by atomic mass is 35.5. The van der Waals surface area contributed by atoms with Gasteiger partial charge in [0.2, 0.25) is 5.91 Å². The smallest absolute Gasteiger partial charge is 0.314 e. The Hall–Kier alpha value is -2.72. The maximum absolute atomic E-state index is 12.5. The van der Waals surface area contributed by atoms with Crippen molar-refractivity contribution in [1.82, 2.24) is 20.6 Å². The van der Waals surface area contributed by atoms with Gasteiger partial charge < -0.3 is 20.6 Å². The Balaban J connectivity index is 0.00000225. The molecule has 1 atom stereocenters. The van der Waals surface area contributed by atoms with Crippen molar-refractivity contribution in [2.75, 3.05) is 13.1 Å². The molecule has 0 bridgehead atoms. The average molecular weight is 410 g/mol. The number of aromatic nitrogens is 2. The van der Waals surface area contributed by atoms with Gasteiger partial charge in [0.1, 0.15) is 0 Å². The zero-order valence-electron chi connectivity index (χ0n) is 14.9. The molecule has 1 aliphatic heterocycles. The van der Waals surface area contributed by atoms with Gasteiger partial charge in [0.05, 0.1) is 16.0 Å². The number of hydrogen-bond donors (Lipinski definition) is 4. The lowest BCUT2D eigenvalue weighted by Gasteiger charge is -2.23. The molecule has 28 heavy (non-hydrogen) atoms. The molecule has 1 aromatic carbocycles. The summed E-state index contributed by atoms with van der Waals surface area (Å²) >= 11 is 0. The Morgan fingerprint density at radius 1 is 1.11 bits per heavy atom. The number of H-pyrrole nitrogens is 2. The minimum absolute atomic E-state index is 0. The van der Waals surface area contributed by atoms with Gasteiger partial charge in [0.15, 0.2) is 0 Å². The molecule has 1 saturated heterocycles. The van der Waals surface area contributed by atoms with Crippen molar-refractivity contribution in [2.24, 2.45) is 5.92 Å². The number of nitro groups is 1. The predicted octanol–water partition coefficient (Wildman–Crippen LogP) is 0.129. The lowest BCUT2D eigenvalue weighted by atomic mass is 9.97. The summed E-state index contributed by atoms with van der Waals surface area (Å²) in [4.78, 5) is 51.7. The maximum atomic E-state index is 12.5. The highest BCUT2D eigenvalue weighted by molar-refractivity contribution is 5.85. The van der Waals surface area contributed by atoms with E-state index in [-0.39, 0.29) is 41.5 Å². The van der Waals surface area contributed by atoms with Crippen LogP contribution in [0.25, 0.3) is 11.0 Å². The molecule has 0 saturated carbocycles. The third-order valence-corrected chi connectivity index (χ3v) is 5.37. The van der Waals surface area contributed by atoms with Crippen LogP contribution in [0.1, 0.15) is 24.0 Å². The second kappa shape index (κ2) is 7.72. The quantitative estimate of drug-likeness (QED) is 0.321. The fraction of sp³-hybridized carbons (Fsp3) is 0.471. The molecule has 2 aromatic rings.